The number of hydrogen-bond donors (Lipinski definition) is 1. The lowest BCUT2D eigenvalue weighted by Crippen LogP contribution is -2.02. The van der Waals surface area contributed by atoms with E-state index >= 15 is 0 Å². The lowest BCUT2D eigenvalue weighted by Gasteiger charge is -2.07. The fraction of sp³-hybridized carbons (Fsp3) is 0.308. The molecule has 0 aliphatic heterocycles. The molecule has 0 amide bonds. The third-order valence-electron chi connectivity index (χ3n) is 1.97. The molecule has 4 heteroatoms. The largest absolute Gasteiger partial charge is 0.463 e. The van der Waals surface area contributed by atoms with Gasteiger partial charge in [0.05, 0.1) is 18.9 Å². The molecule has 0 aliphatic rings. The SMILES string of the molecule is CCONc1ccccc1/C=C/C(=O)OCC. The number of esters is 1. The molecule has 0 saturated heterocycles. The first-order valence-corrected chi connectivity index (χ1v) is 5.59. The van der Waals surface area contributed by atoms with Crippen LogP contribution in [-0.2, 0) is 14.4 Å². The zero-order valence-electron chi connectivity index (χ0n) is 10.1. The Morgan fingerprint density at radius 2 is 2.06 bits per heavy atom. The molecule has 0 unspecified atom stereocenters. The van der Waals surface area contributed by atoms with E-state index < -0.39 is 0 Å². The van der Waals surface area contributed by atoms with Crippen LogP contribution in [0.4, 0.5) is 5.69 Å². The molecule has 1 N–H and O–H groups in total. The predicted molar refractivity (Wildman–Crippen MR) is 67.4 cm³/mol. The van der Waals surface area contributed by atoms with Gasteiger partial charge in [0, 0.05) is 11.6 Å². The Morgan fingerprint density at radius 3 is 2.76 bits per heavy atom. The van der Waals surface area contributed by atoms with Gasteiger partial charge >= 0.3 is 5.97 Å². The molecular formula is C13H17NO3. The van der Waals surface area contributed by atoms with Crippen molar-refractivity contribution < 1.29 is 14.4 Å². The Balaban J connectivity index is 2.72. The summed E-state index contributed by atoms with van der Waals surface area (Å²) < 4.78 is 4.81. The summed E-state index contributed by atoms with van der Waals surface area (Å²) in [6.07, 6.45) is 3.09. The number of anilines is 1. The van der Waals surface area contributed by atoms with Crippen LogP contribution in [0, 0.1) is 0 Å². The van der Waals surface area contributed by atoms with E-state index in [2.05, 4.69) is 5.48 Å². The minimum absolute atomic E-state index is 0.348. The molecule has 0 fully saturated rings. The molecule has 0 atom stereocenters. The van der Waals surface area contributed by atoms with Crippen molar-refractivity contribution in [2.24, 2.45) is 0 Å². The molecule has 4 nitrogen and oxygen atoms in total. The molecule has 0 spiro atoms. The molecule has 0 aliphatic carbocycles. The molecule has 1 rings (SSSR count). The highest BCUT2D eigenvalue weighted by atomic mass is 16.6. The van der Waals surface area contributed by atoms with Gasteiger partial charge in [-0.2, -0.15) is 0 Å². The van der Waals surface area contributed by atoms with Crippen LogP contribution in [0.15, 0.2) is 30.3 Å². The number of carbonyl (C=O) groups is 1. The third-order valence-corrected chi connectivity index (χ3v) is 1.97. The smallest absolute Gasteiger partial charge is 0.330 e. The molecule has 1 aromatic rings. The first-order valence-electron chi connectivity index (χ1n) is 5.59. The Labute approximate surface area is 101 Å². The maximum absolute atomic E-state index is 11.2. The summed E-state index contributed by atoms with van der Waals surface area (Å²) >= 11 is 0. The number of para-hydroxylation sites is 1. The lowest BCUT2D eigenvalue weighted by molar-refractivity contribution is -0.137. The van der Waals surface area contributed by atoms with Gasteiger partial charge in [-0.3, -0.25) is 10.3 Å². The van der Waals surface area contributed by atoms with Crippen LogP contribution in [0.25, 0.3) is 6.08 Å². The highest BCUT2D eigenvalue weighted by Gasteiger charge is 1.99. The molecule has 0 aromatic heterocycles. The van der Waals surface area contributed by atoms with Crippen LogP contribution >= 0.6 is 0 Å². The monoisotopic (exact) mass is 235 g/mol. The van der Waals surface area contributed by atoms with Gasteiger partial charge < -0.3 is 4.74 Å². The second kappa shape index (κ2) is 7.46. The Hall–Kier alpha value is -1.81. The van der Waals surface area contributed by atoms with Crippen LogP contribution in [0.5, 0.6) is 0 Å². The van der Waals surface area contributed by atoms with E-state index in [0.29, 0.717) is 13.2 Å². The van der Waals surface area contributed by atoms with Crippen molar-refractivity contribution in [1.82, 2.24) is 0 Å². The van der Waals surface area contributed by atoms with Crippen molar-refractivity contribution in [3.8, 4) is 0 Å². The number of rotatable bonds is 6. The van der Waals surface area contributed by atoms with Gasteiger partial charge in [0.25, 0.3) is 0 Å². The highest BCUT2D eigenvalue weighted by Crippen LogP contribution is 2.16. The topological polar surface area (TPSA) is 47.6 Å². The maximum atomic E-state index is 11.2. The van der Waals surface area contributed by atoms with Crippen molar-refractivity contribution in [2.75, 3.05) is 18.7 Å². The second-order valence-corrected chi connectivity index (χ2v) is 3.21. The minimum Gasteiger partial charge on any atom is -0.463 e. The van der Waals surface area contributed by atoms with Gasteiger partial charge in [0.2, 0.25) is 0 Å². The fourth-order valence-electron chi connectivity index (χ4n) is 1.23. The maximum Gasteiger partial charge on any atom is 0.330 e. The third kappa shape index (κ3) is 4.70. The molecule has 0 radical (unpaired) electrons. The van der Waals surface area contributed by atoms with Crippen molar-refractivity contribution >= 4 is 17.7 Å². The summed E-state index contributed by atoms with van der Waals surface area (Å²) in [5.74, 6) is -0.348. The Kier molecular flexibility index (Phi) is 5.82. The number of benzene rings is 1. The molecule has 92 valence electrons. The van der Waals surface area contributed by atoms with Gasteiger partial charge in [-0.05, 0) is 26.0 Å². The molecular weight excluding hydrogens is 218 g/mol. The lowest BCUT2D eigenvalue weighted by atomic mass is 10.1. The number of carbonyl (C=O) groups excluding carboxylic acids is 1. The normalized spacial score (nSPS) is 10.5. The molecule has 17 heavy (non-hydrogen) atoms. The fourth-order valence-corrected chi connectivity index (χ4v) is 1.23. The summed E-state index contributed by atoms with van der Waals surface area (Å²) in [5.41, 5.74) is 4.50. The quantitative estimate of drug-likeness (QED) is 0.468. The molecule has 1 aromatic carbocycles. The first-order chi connectivity index (χ1) is 8.27. The van der Waals surface area contributed by atoms with Gasteiger partial charge in [-0.15, -0.1) is 0 Å². The van der Waals surface area contributed by atoms with Crippen molar-refractivity contribution in [3.63, 3.8) is 0 Å². The van der Waals surface area contributed by atoms with Gasteiger partial charge in [-0.1, -0.05) is 18.2 Å². The summed E-state index contributed by atoms with van der Waals surface area (Å²) in [6.45, 7) is 4.61. The van der Waals surface area contributed by atoms with Crippen molar-refractivity contribution in [2.45, 2.75) is 13.8 Å². The zero-order chi connectivity index (χ0) is 12.5. The first kappa shape index (κ1) is 13.3. The minimum atomic E-state index is -0.348. The van der Waals surface area contributed by atoms with E-state index in [9.17, 15) is 4.79 Å². The van der Waals surface area contributed by atoms with Gasteiger partial charge in [0.15, 0.2) is 0 Å². The van der Waals surface area contributed by atoms with Crippen molar-refractivity contribution in [3.05, 3.63) is 35.9 Å². The zero-order valence-corrected chi connectivity index (χ0v) is 10.1. The van der Waals surface area contributed by atoms with Crippen LogP contribution in [0.3, 0.4) is 0 Å². The number of hydrogen-bond acceptors (Lipinski definition) is 4. The van der Waals surface area contributed by atoms with Crippen molar-refractivity contribution in [1.29, 1.82) is 0 Å². The summed E-state index contributed by atoms with van der Waals surface area (Å²) in [6, 6.07) is 7.54. The van der Waals surface area contributed by atoms with E-state index in [0.717, 1.165) is 11.3 Å². The second-order valence-electron chi connectivity index (χ2n) is 3.21. The molecule has 0 bridgehead atoms. The van der Waals surface area contributed by atoms with Crippen LogP contribution in [0.2, 0.25) is 0 Å². The summed E-state index contributed by atoms with van der Waals surface area (Å²) in [5, 5.41) is 0. The van der Waals surface area contributed by atoms with E-state index in [4.69, 9.17) is 9.57 Å². The average Bonchev–Trinajstić information content (AvgIpc) is 2.35. The standard InChI is InChI=1S/C13H17NO3/c1-3-16-13(15)10-9-11-7-5-6-8-12(11)14-17-4-2/h5-10,14H,3-4H2,1-2H3/b10-9+. The predicted octanol–water partition coefficient (Wildman–Crippen LogP) is 2.63. The molecule has 0 saturated carbocycles. The van der Waals surface area contributed by atoms with E-state index in [1.54, 1.807) is 13.0 Å². The van der Waals surface area contributed by atoms with Gasteiger partial charge in [0.1, 0.15) is 0 Å². The number of ether oxygens (including phenoxy) is 1. The average molecular weight is 235 g/mol. The Morgan fingerprint density at radius 1 is 1.29 bits per heavy atom. The summed E-state index contributed by atoms with van der Waals surface area (Å²) in [4.78, 5) is 16.3. The summed E-state index contributed by atoms with van der Waals surface area (Å²) in [7, 11) is 0. The van der Waals surface area contributed by atoms with E-state index in [1.807, 2.05) is 31.2 Å². The van der Waals surface area contributed by atoms with Crippen LogP contribution in [-0.4, -0.2) is 19.2 Å². The highest BCUT2D eigenvalue weighted by molar-refractivity contribution is 5.88. The Bertz CT molecular complexity index is 388. The van der Waals surface area contributed by atoms with Crippen LogP contribution in [0.1, 0.15) is 19.4 Å². The van der Waals surface area contributed by atoms with E-state index in [-0.39, 0.29) is 5.97 Å². The van der Waals surface area contributed by atoms with Gasteiger partial charge in [-0.25, -0.2) is 4.79 Å². The van der Waals surface area contributed by atoms with Crippen LogP contribution < -0.4 is 5.48 Å². The van der Waals surface area contributed by atoms with E-state index in [1.165, 1.54) is 6.08 Å². The molecule has 0 heterocycles. The number of nitrogens with one attached hydrogen (secondary N) is 1.